The minimum Gasteiger partial charge on any atom is -0.462 e. The number of phosphoric acid groups is 1. The van der Waals surface area contributed by atoms with Crippen LogP contribution in [0.2, 0.25) is 0 Å². The van der Waals surface area contributed by atoms with E-state index in [-0.39, 0.29) is 32.0 Å². The zero-order valence-electron chi connectivity index (χ0n) is 48.1. The number of allylic oxidation sites excluding steroid dienone is 12. The van der Waals surface area contributed by atoms with Crippen molar-refractivity contribution in [1.29, 1.82) is 0 Å². The van der Waals surface area contributed by atoms with Crippen LogP contribution < -0.4 is 0 Å². The van der Waals surface area contributed by atoms with Crippen LogP contribution in [0.5, 0.6) is 0 Å². The zero-order valence-corrected chi connectivity index (χ0v) is 49.0. The Hall–Kier alpha value is -2.55. The molecular formula is C63H115NO8P+. The molecular weight excluding hydrogens is 930 g/mol. The van der Waals surface area contributed by atoms with Crippen molar-refractivity contribution in [1.82, 2.24) is 0 Å². The van der Waals surface area contributed by atoms with Gasteiger partial charge in [0.1, 0.15) is 19.8 Å². The van der Waals surface area contributed by atoms with E-state index in [1.165, 1.54) is 141 Å². The van der Waals surface area contributed by atoms with Gasteiger partial charge in [-0.1, -0.05) is 247 Å². The SMILES string of the molecule is CC/C=C\C/C=C\C/C=C\C/C=C\C/C=C\CCCCCCCCCCCCCCCCCCCCCCCCCC(=O)OC(COC(=O)CCCCCCC/C=C\CCC)COP(=O)(O)OCC[N+](C)(C)C. The first-order valence-electron chi connectivity index (χ1n) is 30.2. The lowest BCUT2D eigenvalue weighted by atomic mass is 10.0. The van der Waals surface area contributed by atoms with Crippen molar-refractivity contribution < 1.29 is 42.1 Å². The van der Waals surface area contributed by atoms with E-state index in [0.717, 1.165) is 89.9 Å². The Bertz CT molecular complexity index is 1460. The first kappa shape index (κ1) is 70.5. The standard InChI is InChI=1S/C63H114NO8P/c1-6-8-10-12-14-16-18-19-20-21-22-23-24-25-26-27-28-29-30-31-32-33-34-35-36-37-38-39-40-41-42-43-44-45-46-48-50-52-54-56-63(66)72-61(60-71-73(67,68)70-58-57-64(3,4)5)59-69-62(65)55-53-51-49-47-17-15-13-11-9-7-2/h8,10-11,13-14,16,19-20,22-23,25-26,61H,6-7,9,12,15,17-18,21,24,27-60H2,1-5H3/p+1/b10-8-,13-11-,16-14-,20-19-,23-22-,26-25-. The monoisotopic (exact) mass is 1040 g/mol. The maximum atomic E-state index is 12.8. The lowest BCUT2D eigenvalue weighted by Crippen LogP contribution is -2.37. The topological polar surface area (TPSA) is 108 Å². The van der Waals surface area contributed by atoms with Crippen molar-refractivity contribution in [3.63, 3.8) is 0 Å². The number of unbranched alkanes of at least 4 members (excludes halogenated alkanes) is 29. The number of esters is 2. The summed E-state index contributed by atoms with van der Waals surface area (Å²) >= 11 is 0. The molecule has 0 saturated heterocycles. The molecule has 0 saturated carbocycles. The smallest absolute Gasteiger partial charge is 0.462 e. The van der Waals surface area contributed by atoms with Crippen molar-refractivity contribution in [3.05, 3.63) is 72.9 Å². The number of quaternary nitrogens is 1. The highest BCUT2D eigenvalue weighted by molar-refractivity contribution is 7.47. The molecule has 73 heavy (non-hydrogen) atoms. The van der Waals surface area contributed by atoms with E-state index < -0.39 is 26.5 Å². The van der Waals surface area contributed by atoms with E-state index in [0.29, 0.717) is 17.4 Å². The fourth-order valence-corrected chi connectivity index (χ4v) is 9.08. The molecule has 0 amide bonds. The Morgan fingerprint density at radius 3 is 1.18 bits per heavy atom. The molecule has 0 aromatic heterocycles. The predicted octanol–water partition coefficient (Wildman–Crippen LogP) is 18.9. The molecule has 424 valence electrons. The van der Waals surface area contributed by atoms with E-state index in [9.17, 15) is 19.0 Å². The third-order valence-electron chi connectivity index (χ3n) is 13.0. The van der Waals surface area contributed by atoms with Crippen LogP contribution in [-0.2, 0) is 32.7 Å². The summed E-state index contributed by atoms with van der Waals surface area (Å²) in [4.78, 5) is 35.5. The molecule has 0 rings (SSSR count). The highest BCUT2D eigenvalue weighted by Gasteiger charge is 2.27. The second kappa shape index (κ2) is 54.2. The number of phosphoric ester groups is 1. The summed E-state index contributed by atoms with van der Waals surface area (Å²) < 4.78 is 34.4. The average Bonchev–Trinajstić information content (AvgIpc) is 3.35. The quantitative estimate of drug-likeness (QED) is 0.0211. The van der Waals surface area contributed by atoms with Gasteiger partial charge in [-0.15, -0.1) is 0 Å². The first-order chi connectivity index (χ1) is 35.5. The highest BCUT2D eigenvalue weighted by Crippen LogP contribution is 2.43. The van der Waals surface area contributed by atoms with Crippen LogP contribution in [0.1, 0.15) is 264 Å². The van der Waals surface area contributed by atoms with E-state index in [1.807, 2.05) is 21.1 Å². The van der Waals surface area contributed by atoms with E-state index in [2.05, 4.69) is 86.8 Å². The lowest BCUT2D eigenvalue weighted by Gasteiger charge is -2.24. The molecule has 1 N–H and O–H groups in total. The molecule has 0 aliphatic rings. The number of likely N-dealkylation sites (N-methyl/N-ethyl adjacent to an activating group) is 1. The highest BCUT2D eigenvalue weighted by atomic mass is 31.2. The van der Waals surface area contributed by atoms with Crippen LogP contribution in [0.15, 0.2) is 72.9 Å². The predicted molar refractivity (Wildman–Crippen MR) is 312 cm³/mol. The molecule has 0 spiro atoms. The Labute approximate surface area is 450 Å². The van der Waals surface area contributed by atoms with Crippen LogP contribution in [0, 0.1) is 0 Å². The normalized spacial score (nSPS) is 13.8. The van der Waals surface area contributed by atoms with Crippen LogP contribution in [0.25, 0.3) is 0 Å². The molecule has 0 heterocycles. The number of carbonyl (C=O) groups excluding carboxylic acids is 2. The third-order valence-corrected chi connectivity index (χ3v) is 13.9. The molecule has 0 aromatic rings. The first-order valence-corrected chi connectivity index (χ1v) is 31.7. The second-order valence-corrected chi connectivity index (χ2v) is 22.8. The minimum absolute atomic E-state index is 0.0306. The van der Waals surface area contributed by atoms with Crippen LogP contribution in [0.4, 0.5) is 0 Å². The number of ether oxygens (including phenoxy) is 2. The summed E-state index contributed by atoms with van der Waals surface area (Å²) in [6, 6.07) is 0. The van der Waals surface area contributed by atoms with Gasteiger partial charge < -0.3 is 18.9 Å². The number of rotatable bonds is 55. The van der Waals surface area contributed by atoms with Crippen molar-refractivity contribution in [2.75, 3.05) is 47.5 Å². The molecule has 0 aromatic carbocycles. The Morgan fingerprint density at radius 2 is 0.781 bits per heavy atom. The number of nitrogens with zero attached hydrogens (tertiary/aromatic N) is 1. The zero-order chi connectivity index (χ0) is 53.5. The second-order valence-electron chi connectivity index (χ2n) is 21.4. The molecule has 10 heteroatoms. The van der Waals surface area contributed by atoms with Gasteiger partial charge in [-0.05, 0) is 77.0 Å². The summed E-state index contributed by atoms with van der Waals surface area (Å²) in [5.74, 6) is -0.803. The Morgan fingerprint density at radius 1 is 0.438 bits per heavy atom. The summed E-state index contributed by atoms with van der Waals surface area (Å²) in [7, 11) is 1.48. The summed E-state index contributed by atoms with van der Waals surface area (Å²) in [6.45, 7) is 4.26. The average molecular weight is 1050 g/mol. The largest absolute Gasteiger partial charge is 0.472 e. The maximum absolute atomic E-state index is 12.8. The van der Waals surface area contributed by atoms with E-state index in [1.54, 1.807) is 0 Å². The van der Waals surface area contributed by atoms with Gasteiger partial charge in [0.15, 0.2) is 6.10 Å². The fraction of sp³-hybridized carbons (Fsp3) is 0.778. The van der Waals surface area contributed by atoms with Gasteiger partial charge in [0, 0.05) is 12.8 Å². The summed E-state index contributed by atoms with van der Waals surface area (Å²) in [5, 5.41) is 0. The number of hydrogen-bond donors (Lipinski definition) is 1. The molecule has 0 aliphatic heterocycles. The van der Waals surface area contributed by atoms with Crippen LogP contribution in [0.3, 0.4) is 0 Å². The van der Waals surface area contributed by atoms with Gasteiger partial charge in [0.25, 0.3) is 0 Å². The van der Waals surface area contributed by atoms with Gasteiger partial charge >= 0.3 is 19.8 Å². The third kappa shape index (κ3) is 58.6. The van der Waals surface area contributed by atoms with Gasteiger partial charge in [0.2, 0.25) is 0 Å². The van der Waals surface area contributed by atoms with Gasteiger partial charge in [-0.2, -0.15) is 0 Å². The molecule has 0 fully saturated rings. The van der Waals surface area contributed by atoms with E-state index in [4.69, 9.17) is 18.5 Å². The molecule has 2 unspecified atom stereocenters. The number of carbonyl (C=O) groups is 2. The molecule has 0 radical (unpaired) electrons. The van der Waals surface area contributed by atoms with Crippen molar-refractivity contribution in [3.8, 4) is 0 Å². The van der Waals surface area contributed by atoms with Crippen molar-refractivity contribution in [2.24, 2.45) is 0 Å². The van der Waals surface area contributed by atoms with Gasteiger partial charge in [0.05, 0.1) is 27.7 Å². The fourth-order valence-electron chi connectivity index (χ4n) is 8.34. The van der Waals surface area contributed by atoms with Crippen molar-refractivity contribution in [2.45, 2.75) is 270 Å². The number of hydrogen-bond acceptors (Lipinski definition) is 7. The van der Waals surface area contributed by atoms with E-state index >= 15 is 0 Å². The van der Waals surface area contributed by atoms with Crippen LogP contribution >= 0.6 is 7.82 Å². The molecule has 9 nitrogen and oxygen atoms in total. The Balaban J connectivity index is 3.86. The van der Waals surface area contributed by atoms with Crippen molar-refractivity contribution >= 4 is 19.8 Å². The Kier molecular flexibility index (Phi) is 52.4. The van der Waals surface area contributed by atoms with Gasteiger partial charge in [-0.3, -0.25) is 18.6 Å². The maximum Gasteiger partial charge on any atom is 0.472 e. The molecule has 0 aliphatic carbocycles. The summed E-state index contributed by atoms with van der Waals surface area (Å²) in [5.41, 5.74) is 0. The molecule has 0 bridgehead atoms. The lowest BCUT2D eigenvalue weighted by molar-refractivity contribution is -0.870. The minimum atomic E-state index is -4.38. The molecule has 2 atom stereocenters. The van der Waals surface area contributed by atoms with Crippen LogP contribution in [-0.4, -0.2) is 74.9 Å². The van der Waals surface area contributed by atoms with Gasteiger partial charge in [-0.25, -0.2) is 4.57 Å². The summed E-state index contributed by atoms with van der Waals surface area (Å²) in [6.07, 6.45) is 71.6.